The van der Waals surface area contributed by atoms with E-state index in [1.54, 1.807) is 14.2 Å². The summed E-state index contributed by atoms with van der Waals surface area (Å²) in [6, 6.07) is 6.05. The van der Waals surface area contributed by atoms with Crippen molar-refractivity contribution >= 4 is 0 Å². The average Bonchev–Trinajstić information content (AvgIpc) is 3.26. The van der Waals surface area contributed by atoms with Gasteiger partial charge in [0.05, 0.1) is 13.7 Å². The molecule has 1 aromatic rings. The number of para-hydroxylation sites is 1. The molecule has 0 heterocycles. The van der Waals surface area contributed by atoms with E-state index in [9.17, 15) is 0 Å². The van der Waals surface area contributed by atoms with Crippen molar-refractivity contribution in [2.75, 3.05) is 34.0 Å². The molecule has 1 aromatic carbocycles. The van der Waals surface area contributed by atoms with Crippen LogP contribution in [0.4, 0.5) is 0 Å². The van der Waals surface area contributed by atoms with E-state index in [-0.39, 0.29) is 0 Å². The second-order valence-corrected chi connectivity index (χ2v) is 5.73. The highest BCUT2D eigenvalue weighted by molar-refractivity contribution is 5.46. The Morgan fingerprint density at radius 2 is 2.05 bits per heavy atom. The molecule has 1 aliphatic rings. The van der Waals surface area contributed by atoms with Crippen molar-refractivity contribution in [1.82, 2.24) is 5.32 Å². The molecule has 2 rings (SSSR count). The Kier molecular flexibility index (Phi) is 5.88. The van der Waals surface area contributed by atoms with Crippen LogP contribution in [0.1, 0.15) is 31.7 Å². The van der Waals surface area contributed by atoms with Gasteiger partial charge in [0.15, 0.2) is 11.5 Å². The van der Waals surface area contributed by atoms with E-state index in [2.05, 4.69) is 11.4 Å². The zero-order chi connectivity index (χ0) is 15.1. The van der Waals surface area contributed by atoms with Crippen molar-refractivity contribution in [2.24, 2.45) is 5.41 Å². The number of benzene rings is 1. The fraction of sp³-hybridized carbons (Fsp3) is 0.647. The second-order valence-electron chi connectivity index (χ2n) is 5.73. The Labute approximate surface area is 127 Å². The van der Waals surface area contributed by atoms with Gasteiger partial charge in [-0.3, -0.25) is 0 Å². The highest BCUT2D eigenvalue weighted by atomic mass is 16.5. The second kappa shape index (κ2) is 7.66. The third-order valence-corrected chi connectivity index (χ3v) is 4.17. The first kappa shape index (κ1) is 16.1. The first-order valence-electron chi connectivity index (χ1n) is 7.73. The van der Waals surface area contributed by atoms with Gasteiger partial charge in [0, 0.05) is 32.4 Å². The summed E-state index contributed by atoms with van der Waals surface area (Å²) in [5.41, 5.74) is 1.60. The molecule has 0 bridgehead atoms. The molecular formula is C17H27NO3. The maximum absolute atomic E-state index is 5.61. The van der Waals surface area contributed by atoms with Gasteiger partial charge in [0.25, 0.3) is 0 Å². The summed E-state index contributed by atoms with van der Waals surface area (Å²) in [5.74, 6) is 1.66. The predicted molar refractivity (Wildman–Crippen MR) is 84.0 cm³/mol. The van der Waals surface area contributed by atoms with Gasteiger partial charge in [-0.15, -0.1) is 0 Å². The van der Waals surface area contributed by atoms with Crippen molar-refractivity contribution in [3.63, 3.8) is 0 Å². The molecule has 0 spiro atoms. The molecule has 0 unspecified atom stereocenters. The lowest BCUT2D eigenvalue weighted by atomic mass is 10.0. The first-order chi connectivity index (χ1) is 10.2. The van der Waals surface area contributed by atoms with Crippen LogP contribution in [0, 0.1) is 5.41 Å². The minimum atomic E-state index is 0.459. The summed E-state index contributed by atoms with van der Waals surface area (Å²) < 4.78 is 16.3. The molecule has 0 atom stereocenters. The Balaban J connectivity index is 1.89. The minimum absolute atomic E-state index is 0.459. The molecule has 1 saturated carbocycles. The fourth-order valence-corrected chi connectivity index (χ4v) is 2.67. The molecule has 1 N–H and O–H groups in total. The summed E-state index contributed by atoms with van der Waals surface area (Å²) in [4.78, 5) is 0. The van der Waals surface area contributed by atoms with E-state index in [1.165, 1.54) is 12.8 Å². The first-order valence-corrected chi connectivity index (χ1v) is 7.73. The van der Waals surface area contributed by atoms with Gasteiger partial charge in [-0.05, 0) is 37.7 Å². The fourth-order valence-electron chi connectivity index (χ4n) is 2.67. The van der Waals surface area contributed by atoms with Crippen LogP contribution in [0.5, 0.6) is 11.5 Å². The molecule has 4 heteroatoms. The van der Waals surface area contributed by atoms with Crippen LogP contribution in [0.15, 0.2) is 18.2 Å². The van der Waals surface area contributed by atoms with Crippen LogP contribution in [0.2, 0.25) is 0 Å². The summed E-state index contributed by atoms with van der Waals surface area (Å²) in [6.45, 7) is 5.33. The number of methoxy groups -OCH3 is 2. The lowest BCUT2D eigenvalue weighted by Crippen LogP contribution is -2.24. The molecule has 0 saturated heterocycles. The predicted octanol–water partition coefficient (Wildman–Crippen LogP) is 3.00. The molecule has 0 radical (unpaired) electrons. The van der Waals surface area contributed by atoms with Crippen LogP contribution in [-0.4, -0.2) is 34.0 Å². The molecule has 4 nitrogen and oxygen atoms in total. The highest BCUT2D eigenvalue weighted by Gasteiger charge is 2.41. The average molecular weight is 293 g/mol. The monoisotopic (exact) mass is 293 g/mol. The third-order valence-electron chi connectivity index (χ3n) is 4.17. The standard InChI is InChI=1S/C17H27NO3/c1-4-21-15-7-5-6-14(16(15)20-3)12-18-13-17(8-9-17)10-11-19-2/h5-7,18H,4,8-13H2,1-3H3. The lowest BCUT2D eigenvalue weighted by Gasteiger charge is -2.17. The summed E-state index contributed by atoms with van der Waals surface area (Å²) in [5, 5.41) is 3.57. The van der Waals surface area contributed by atoms with Gasteiger partial charge in [0.1, 0.15) is 0 Å². The van der Waals surface area contributed by atoms with Gasteiger partial charge >= 0.3 is 0 Å². The quantitative estimate of drug-likeness (QED) is 0.720. The van der Waals surface area contributed by atoms with E-state index in [4.69, 9.17) is 14.2 Å². The Morgan fingerprint density at radius 1 is 1.24 bits per heavy atom. The summed E-state index contributed by atoms with van der Waals surface area (Å²) >= 11 is 0. The Hall–Kier alpha value is -1.26. The lowest BCUT2D eigenvalue weighted by molar-refractivity contribution is 0.171. The third kappa shape index (κ3) is 4.35. The molecule has 118 valence electrons. The van der Waals surface area contributed by atoms with Crippen molar-refractivity contribution < 1.29 is 14.2 Å². The Morgan fingerprint density at radius 3 is 2.67 bits per heavy atom. The number of rotatable bonds is 10. The number of hydrogen-bond acceptors (Lipinski definition) is 4. The maximum Gasteiger partial charge on any atom is 0.165 e. The molecule has 21 heavy (non-hydrogen) atoms. The van der Waals surface area contributed by atoms with Crippen molar-refractivity contribution in [2.45, 2.75) is 32.7 Å². The van der Waals surface area contributed by atoms with E-state index in [0.29, 0.717) is 12.0 Å². The Bertz CT molecular complexity index is 444. The minimum Gasteiger partial charge on any atom is -0.493 e. The molecule has 0 aromatic heterocycles. The number of ether oxygens (including phenoxy) is 3. The van der Waals surface area contributed by atoms with Crippen LogP contribution in [0.25, 0.3) is 0 Å². The van der Waals surface area contributed by atoms with Gasteiger partial charge in [0.2, 0.25) is 0 Å². The van der Waals surface area contributed by atoms with Crippen molar-refractivity contribution in [3.05, 3.63) is 23.8 Å². The van der Waals surface area contributed by atoms with E-state index >= 15 is 0 Å². The van der Waals surface area contributed by atoms with Gasteiger partial charge < -0.3 is 19.5 Å². The van der Waals surface area contributed by atoms with E-state index in [0.717, 1.165) is 43.2 Å². The SMILES string of the molecule is CCOc1cccc(CNCC2(CCOC)CC2)c1OC. The van der Waals surface area contributed by atoms with Crippen LogP contribution in [-0.2, 0) is 11.3 Å². The van der Waals surface area contributed by atoms with Crippen LogP contribution in [0.3, 0.4) is 0 Å². The normalized spacial score (nSPS) is 15.8. The topological polar surface area (TPSA) is 39.7 Å². The van der Waals surface area contributed by atoms with Crippen LogP contribution >= 0.6 is 0 Å². The zero-order valence-corrected chi connectivity index (χ0v) is 13.4. The van der Waals surface area contributed by atoms with Gasteiger partial charge in [-0.25, -0.2) is 0 Å². The highest BCUT2D eigenvalue weighted by Crippen LogP contribution is 2.48. The maximum atomic E-state index is 5.61. The molecule has 1 aliphatic carbocycles. The zero-order valence-electron chi connectivity index (χ0n) is 13.4. The summed E-state index contributed by atoms with van der Waals surface area (Å²) in [6.07, 6.45) is 3.76. The number of hydrogen-bond donors (Lipinski definition) is 1. The molecule has 0 aliphatic heterocycles. The number of nitrogens with one attached hydrogen (secondary N) is 1. The summed E-state index contributed by atoms with van der Waals surface area (Å²) in [7, 11) is 3.47. The van der Waals surface area contributed by atoms with E-state index < -0.39 is 0 Å². The van der Waals surface area contributed by atoms with Crippen molar-refractivity contribution in [3.8, 4) is 11.5 Å². The van der Waals surface area contributed by atoms with Crippen molar-refractivity contribution in [1.29, 1.82) is 0 Å². The molecule has 1 fully saturated rings. The largest absolute Gasteiger partial charge is 0.493 e. The van der Waals surface area contributed by atoms with Gasteiger partial charge in [-0.1, -0.05) is 12.1 Å². The van der Waals surface area contributed by atoms with E-state index in [1.807, 2.05) is 19.1 Å². The smallest absolute Gasteiger partial charge is 0.165 e. The molecular weight excluding hydrogens is 266 g/mol. The molecule has 0 amide bonds. The van der Waals surface area contributed by atoms with Crippen LogP contribution < -0.4 is 14.8 Å². The van der Waals surface area contributed by atoms with Gasteiger partial charge in [-0.2, -0.15) is 0 Å².